The van der Waals surface area contributed by atoms with Gasteiger partial charge >= 0.3 is 0 Å². The molecule has 1 aromatic rings. The Labute approximate surface area is 109 Å². The zero-order chi connectivity index (χ0) is 13.9. The average Bonchev–Trinajstić information content (AvgIpc) is 2.19. The number of nitrogen functional groups attached to an aromatic ring is 1. The summed E-state index contributed by atoms with van der Waals surface area (Å²) in [5.41, 5.74) is 8.17. The summed E-state index contributed by atoms with van der Waals surface area (Å²) in [6.45, 7) is 9.70. The quantitative estimate of drug-likeness (QED) is 0.720. The summed E-state index contributed by atoms with van der Waals surface area (Å²) in [5.74, 6) is -0.0151. The molecule has 1 aromatic carbocycles. The lowest BCUT2D eigenvalue weighted by Gasteiger charge is -2.24. The van der Waals surface area contributed by atoms with Gasteiger partial charge in [0.2, 0.25) is 5.91 Å². The van der Waals surface area contributed by atoms with Crippen molar-refractivity contribution in [2.24, 2.45) is 0 Å². The number of hydrogen-bond donors (Lipinski definition) is 3. The molecule has 0 aliphatic carbocycles. The van der Waals surface area contributed by atoms with Crippen LogP contribution in [-0.4, -0.2) is 17.5 Å². The van der Waals surface area contributed by atoms with Crippen LogP contribution in [0.25, 0.3) is 0 Å². The molecule has 0 spiro atoms. The van der Waals surface area contributed by atoms with Gasteiger partial charge in [0.15, 0.2) is 0 Å². The van der Waals surface area contributed by atoms with Crippen molar-refractivity contribution in [3.63, 3.8) is 0 Å². The summed E-state index contributed by atoms with van der Waals surface area (Å²) in [5, 5.41) is 6.14. The van der Waals surface area contributed by atoms with E-state index in [0.29, 0.717) is 0 Å². The molecule has 1 rings (SSSR count). The Kier molecular flexibility index (Phi) is 4.22. The first kappa shape index (κ1) is 14.4. The molecule has 0 radical (unpaired) electrons. The summed E-state index contributed by atoms with van der Waals surface area (Å²) < 4.78 is 0. The molecule has 1 amide bonds. The highest BCUT2D eigenvalue weighted by Crippen LogP contribution is 2.18. The van der Waals surface area contributed by atoms with Crippen LogP contribution >= 0.6 is 0 Å². The van der Waals surface area contributed by atoms with Gasteiger partial charge < -0.3 is 16.4 Å². The third-order valence-electron chi connectivity index (χ3n) is 2.51. The second-order valence-corrected chi connectivity index (χ2v) is 5.68. The zero-order valence-corrected chi connectivity index (χ0v) is 11.8. The molecule has 0 saturated heterocycles. The van der Waals surface area contributed by atoms with Crippen LogP contribution in [0.4, 0.5) is 11.4 Å². The molecule has 0 heterocycles. The minimum Gasteiger partial charge on any atom is -0.399 e. The number of carbonyl (C=O) groups excluding carboxylic acids is 1. The van der Waals surface area contributed by atoms with Crippen LogP contribution in [0.15, 0.2) is 18.2 Å². The Morgan fingerprint density at radius 1 is 1.33 bits per heavy atom. The molecule has 0 bridgehead atoms. The summed E-state index contributed by atoms with van der Waals surface area (Å²) in [4.78, 5) is 11.9. The first-order valence-corrected chi connectivity index (χ1v) is 6.14. The van der Waals surface area contributed by atoms with Gasteiger partial charge in [-0.05, 0) is 58.4 Å². The predicted octanol–water partition coefficient (Wildman–Crippen LogP) is 2.29. The standard InChI is InChI=1S/C14H23N3O/c1-9-8-11(15)6-7-12(9)16-10(2)13(18)17-14(3,4)5/h6-8,10,16H,15H2,1-5H3,(H,17,18). The number of aryl methyl sites for hydroxylation is 1. The van der Waals surface area contributed by atoms with E-state index in [1.807, 2.05) is 52.8 Å². The highest BCUT2D eigenvalue weighted by molar-refractivity contribution is 5.85. The number of benzene rings is 1. The Morgan fingerprint density at radius 2 is 1.94 bits per heavy atom. The summed E-state index contributed by atoms with van der Waals surface area (Å²) in [7, 11) is 0. The van der Waals surface area contributed by atoms with Gasteiger partial charge in [-0.3, -0.25) is 4.79 Å². The van der Waals surface area contributed by atoms with E-state index in [9.17, 15) is 4.79 Å². The van der Waals surface area contributed by atoms with E-state index in [2.05, 4.69) is 10.6 Å². The molecule has 0 aliphatic heterocycles. The van der Waals surface area contributed by atoms with Gasteiger partial charge in [-0.2, -0.15) is 0 Å². The molecule has 1 unspecified atom stereocenters. The van der Waals surface area contributed by atoms with Gasteiger partial charge in [0.1, 0.15) is 6.04 Å². The predicted molar refractivity (Wildman–Crippen MR) is 76.6 cm³/mol. The highest BCUT2D eigenvalue weighted by atomic mass is 16.2. The summed E-state index contributed by atoms with van der Waals surface area (Å²) >= 11 is 0. The second kappa shape index (κ2) is 5.29. The number of nitrogens with two attached hydrogens (primary N) is 1. The van der Waals surface area contributed by atoms with Crippen LogP contribution in [0.2, 0.25) is 0 Å². The van der Waals surface area contributed by atoms with E-state index < -0.39 is 0 Å². The molecule has 18 heavy (non-hydrogen) atoms. The number of rotatable bonds is 3. The van der Waals surface area contributed by atoms with Gasteiger partial charge in [-0.1, -0.05) is 0 Å². The fraction of sp³-hybridized carbons (Fsp3) is 0.500. The van der Waals surface area contributed by atoms with Crippen molar-refractivity contribution in [1.82, 2.24) is 5.32 Å². The SMILES string of the molecule is Cc1cc(N)ccc1NC(C)C(=O)NC(C)(C)C. The minimum absolute atomic E-state index is 0.0151. The molecule has 0 fully saturated rings. The third-order valence-corrected chi connectivity index (χ3v) is 2.51. The highest BCUT2D eigenvalue weighted by Gasteiger charge is 2.19. The van der Waals surface area contributed by atoms with E-state index in [1.165, 1.54) is 0 Å². The smallest absolute Gasteiger partial charge is 0.242 e. The molecule has 4 N–H and O–H groups in total. The monoisotopic (exact) mass is 249 g/mol. The first-order chi connectivity index (χ1) is 8.19. The Bertz CT molecular complexity index is 435. The van der Waals surface area contributed by atoms with Crippen molar-refractivity contribution < 1.29 is 4.79 Å². The first-order valence-electron chi connectivity index (χ1n) is 6.14. The van der Waals surface area contributed by atoms with Crippen LogP contribution in [0.5, 0.6) is 0 Å². The van der Waals surface area contributed by atoms with Crippen molar-refractivity contribution in [3.05, 3.63) is 23.8 Å². The Hall–Kier alpha value is -1.71. The van der Waals surface area contributed by atoms with Crippen molar-refractivity contribution in [1.29, 1.82) is 0 Å². The van der Waals surface area contributed by atoms with E-state index in [-0.39, 0.29) is 17.5 Å². The summed E-state index contributed by atoms with van der Waals surface area (Å²) in [6.07, 6.45) is 0. The van der Waals surface area contributed by atoms with E-state index in [0.717, 1.165) is 16.9 Å². The average molecular weight is 249 g/mol. The molecular weight excluding hydrogens is 226 g/mol. The lowest BCUT2D eigenvalue weighted by molar-refractivity contribution is -0.122. The van der Waals surface area contributed by atoms with Gasteiger partial charge in [0.25, 0.3) is 0 Å². The molecule has 0 aromatic heterocycles. The van der Waals surface area contributed by atoms with Gasteiger partial charge in [-0.25, -0.2) is 0 Å². The maximum atomic E-state index is 11.9. The molecule has 4 heteroatoms. The lowest BCUT2D eigenvalue weighted by atomic mass is 10.1. The summed E-state index contributed by atoms with van der Waals surface area (Å²) in [6, 6.07) is 5.32. The third kappa shape index (κ3) is 4.28. The van der Waals surface area contributed by atoms with Crippen LogP contribution < -0.4 is 16.4 Å². The van der Waals surface area contributed by atoms with Gasteiger partial charge in [0.05, 0.1) is 0 Å². The molecule has 4 nitrogen and oxygen atoms in total. The van der Waals surface area contributed by atoms with Crippen LogP contribution in [0, 0.1) is 6.92 Å². The van der Waals surface area contributed by atoms with Gasteiger partial charge in [0, 0.05) is 16.9 Å². The second-order valence-electron chi connectivity index (χ2n) is 5.68. The topological polar surface area (TPSA) is 67.1 Å². The molecule has 100 valence electrons. The van der Waals surface area contributed by atoms with Crippen molar-refractivity contribution in [3.8, 4) is 0 Å². The van der Waals surface area contributed by atoms with E-state index >= 15 is 0 Å². The number of carbonyl (C=O) groups is 1. The molecule has 1 atom stereocenters. The largest absolute Gasteiger partial charge is 0.399 e. The van der Waals surface area contributed by atoms with Crippen LogP contribution in [-0.2, 0) is 4.79 Å². The maximum absolute atomic E-state index is 11.9. The van der Waals surface area contributed by atoms with Crippen LogP contribution in [0.1, 0.15) is 33.3 Å². The Balaban J connectivity index is 2.69. The van der Waals surface area contributed by atoms with E-state index in [4.69, 9.17) is 5.73 Å². The number of anilines is 2. The van der Waals surface area contributed by atoms with Crippen molar-refractivity contribution in [2.45, 2.75) is 46.2 Å². The normalized spacial score (nSPS) is 12.9. The molecule has 0 saturated carbocycles. The van der Waals surface area contributed by atoms with Crippen molar-refractivity contribution in [2.75, 3.05) is 11.1 Å². The Morgan fingerprint density at radius 3 is 2.44 bits per heavy atom. The van der Waals surface area contributed by atoms with Crippen molar-refractivity contribution >= 4 is 17.3 Å². The van der Waals surface area contributed by atoms with Crippen LogP contribution in [0.3, 0.4) is 0 Å². The fourth-order valence-corrected chi connectivity index (χ4v) is 1.63. The lowest BCUT2D eigenvalue weighted by Crippen LogP contribution is -2.47. The number of nitrogens with one attached hydrogen (secondary N) is 2. The molecule has 0 aliphatic rings. The number of amides is 1. The molecular formula is C14H23N3O. The fourth-order valence-electron chi connectivity index (χ4n) is 1.63. The van der Waals surface area contributed by atoms with E-state index in [1.54, 1.807) is 0 Å². The maximum Gasteiger partial charge on any atom is 0.242 e. The zero-order valence-electron chi connectivity index (χ0n) is 11.8. The number of hydrogen-bond acceptors (Lipinski definition) is 3. The minimum atomic E-state index is -0.286. The van der Waals surface area contributed by atoms with Gasteiger partial charge in [-0.15, -0.1) is 0 Å².